The van der Waals surface area contributed by atoms with Crippen molar-refractivity contribution in [3.05, 3.63) is 0 Å². The highest BCUT2D eigenvalue weighted by Gasteiger charge is 2.18. The van der Waals surface area contributed by atoms with Gasteiger partial charge < -0.3 is 16.0 Å². The van der Waals surface area contributed by atoms with Crippen LogP contribution in [0.25, 0.3) is 0 Å². The van der Waals surface area contributed by atoms with Gasteiger partial charge in [-0.3, -0.25) is 9.79 Å². The Labute approximate surface area is 78.0 Å². The van der Waals surface area contributed by atoms with E-state index >= 15 is 0 Å². The van der Waals surface area contributed by atoms with Crippen molar-refractivity contribution in [1.82, 2.24) is 10.2 Å². The van der Waals surface area contributed by atoms with Gasteiger partial charge in [0.1, 0.15) is 6.04 Å². The zero-order valence-corrected chi connectivity index (χ0v) is 8.08. The first kappa shape index (κ1) is 9.83. The molecule has 1 unspecified atom stereocenters. The van der Waals surface area contributed by atoms with Gasteiger partial charge in [-0.15, -0.1) is 0 Å². The SMILES string of the molecule is CCC(NC1=NCCN1C)C(N)=O. The van der Waals surface area contributed by atoms with E-state index in [1.54, 1.807) is 0 Å². The molecule has 1 atom stereocenters. The first-order valence-electron chi connectivity index (χ1n) is 4.46. The third kappa shape index (κ3) is 2.34. The number of guanidine groups is 1. The Hall–Kier alpha value is -1.26. The average molecular weight is 184 g/mol. The lowest BCUT2D eigenvalue weighted by molar-refractivity contribution is -0.119. The van der Waals surface area contributed by atoms with E-state index in [2.05, 4.69) is 10.3 Å². The molecular formula is C8H16N4O. The number of carbonyl (C=O) groups is 1. The van der Waals surface area contributed by atoms with Crippen LogP contribution in [0.3, 0.4) is 0 Å². The molecule has 1 rings (SSSR count). The van der Waals surface area contributed by atoms with Crippen molar-refractivity contribution in [3.8, 4) is 0 Å². The molecule has 0 spiro atoms. The highest BCUT2D eigenvalue weighted by Crippen LogP contribution is 1.98. The van der Waals surface area contributed by atoms with E-state index < -0.39 is 0 Å². The molecule has 0 aromatic carbocycles. The summed E-state index contributed by atoms with van der Waals surface area (Å²) < 4.78 is 0. The van der Waals surface area contributed by atoms with Gasteiger partial charge in [0.25, 0.3) is 0 Å². The number of primary amides is 1. The van der Waals surface area contributed by atoms with Gasteiger partial charge in [0.2, 0.25) is 5.91 Å². The number of nitrogens with two attached hydrogens (primary N) is 1. The van der Waals surface area contributed by atoms with Gasteiger partial charge in [-0.2, -0.15) is 0 Å². The predicted octanol–water partition coefficient (Wildman–Crippen LogP) is -0.859. The Morgan fingerprint density at radius 2 is 2.54 bits per heavy atom. The molecule has 0 saturated heterocycles. The van der Waals surface area contributed by atoms with E-state index in [-0.39, 0.29) is 11.9 Å². The van der Waals surface area contributed by atoms with Crippen LogP contribution in [-0.2, 0) is 4.79 Å². The summed E-state index contributed by atoms with van der Waals surface area (Å²) >= 11 is 0. The molecule has 3 N–H and O–H groups in total. The number of hydrogen-bond donors (Lipinski definition) is 2. The summed E-state index contributed by atoms with van der Waals surface area (Å²) in [7, 11) is 1.94. The number of hydrogen-bond acceptors (Lipinski definition) is 4. The summed E-state index contributed by atoms with van der Waals surface area (Å²) in [4.78, 5) is 17.1. The van der Waals surface area contributed by atoms with Crippen molar-refractivity contribution in [3.63, 3.8) is 0 Å². The zero-order chi connectivity index (χ0) is 9.84. The Morgan fingerprint density at radius 3 is 2.92 bits per heavy atom. The highest BCUT2D eigenvalue weighted by molar-refractivity contribution is 5.88. The summed E-state index contributed by atoms with van der Waals surface area (Å²) in [6.07, 6.45) is 0.683. The predicted molar refractivity (Wildman–Crippen MR) is 51.3 cm³/mol. The maximum atomic E-state index is 10.9. The van der Waals surface area contributed by atoms with E-state index in [4.69, 9.17) is 5.73 Å². The lowest BCUT2D eigenvalue weighted by Gasteiger charge is -2.19. The maximum absolute atomic E-state index is 10.9. The molecule has 1 aliphatic rings. The fraction of sp³-hybridized carbons (Fsp3) is 0.750. The van der Waals surface area contributed by atoms with Gasteiger partial charge in [-0.1, -0.05) is 6.92 Å². The minimum atomic E-state index is -0.328. The second kappa shape index (κ2) is 4.11. The first-order chi connectivity index (χ1) is 6.15. The van der Waals surface area contributed by atoms with Gasteiger partial charge in [0.05, 0.1) is 6.54 Å². The first-order valence-corrected chi connectivity index (χ1v) is 4.46. The highest BCUT2D eigenvalue weighted by atomic mass is 16.1. The number of nitrogens with zero attached hydrogens (tertiary/aromatic N) is 2. The van der Waals surface area contributed by atoms with Crippen LogP contribution in [0.1, 0.15) is 13.3 Å². The molecule has 5 heteroatoms. The topological polar surface area (TPSA) is 70.7 Å². The van der Waals surface area contributed by atoms with E-state index in [0.717, 1.165) is 19.0 Å². The molecule has 1 amide bonds. The van der Waals surface area contributed by atoms with Gasteiger partial charge in [0, 0.05) is 13.6 Å². The molecule has 0 fully saturated rings. The van der Waals surface area contributed by atoms with Crippen molar-refractivity contribution < 1.29 is 4.79 Å². The lowest BCUT2D eigenvalue weighted by Crippen LogP contribution is -2.48. The lowest BCUT2D eigenvalue weighted by atomic mass is 10.2. The van der Waals surface area contributed by atoms with Crippen molar-refractivity contribution in [2.45, 2.75) is 19.4 Å². The zero-order valence-electron chi connectivity index (χ0n) is 8.08. The van der Waals surface area contributed by atoms with Crippen LogP contribution >= 0.6 is 0 Å². The van der Waals surface area contributed by atoms with Crippen LogP contribution in [0.15, 0.2) is 4.99 Å². The third-order valence-electron chi connectivity index (χ3n) is 2.11. The molecular weight excluding hydrogens is 168 g/mol. The van der Waals surface area contributed by atoms with E-state index in [1.165, 1.54) is 0 Å². The van der Waals surface area contributed by atoms with Crippen molar-refractivity contribution in [1.29, 1.82) is 0 Å². The number of rotatable bonds is 3. The molecule has 0 aromatic heterocycles. The van der Waals surface area contributed by atoms with Crippen molar-refractivity contribution in [2.24, 2.45) is 10.7 Å². The molecule has 0 saturated carbocycles. The van der Waals surface area contributed by atoms with Gasteiger partial charge >= 0.3 is 0 Å². The number of likely N-dealkylation sites (N-methyl/N-ethyl adjacent to an activating group) is 1. The van der Waals surface area contributed by atoms with Crippen molar-refractivity contribution >= 4 is 11.9 Å². The fourth-order valence-corrected chi connectivity index (χ4v) is 1.22. The Morgan fingerprint density at radius 1 is 1.85 bits per heavy atom. The smallest absolute Gasteiger partial charge is 0.239 e. The molecule has 0 aromatic rings. The fourth-order valence-electron chi connectivity index (χ4n) is 1.22. The van der Waals surface area contributed by atoms with Gasteiger partial charge in [-0.05, 0) is 6.42 Å². The van der Waals surface area contributed by atoms with Crippen LogP contribution in [-0.4, -0.2) is 42.9 Å². The monoisotopic (exact) mass is 184 g/mol. The summed E-state index contributed by atoms with van der Waals surface area (Å²) in [6, 6.07) is -0.306. The maximum Gasteiger partial charge on any atom is 0.239 e. The molecule has 0 aliphatic carbocycles. The van der Waals surface area contributed by atoms with E-state index in [0.29, 0.717) is 6.42 Å². The van der Waals surface area contributed by atoms with Crippen molar-refractivity contribution in [2.75, 3.05) is 20.1 Å². The second-order valence-electron chi connectivity index (χ2n) is 3.13. The average Bonchev–Trinajstić information content (AvgIpc) is 2.46. The summed E-state index contributed by atoms with van der Waals surface area (Å²) in [5.41, 5.74) is 5.20. The molecule has 13 heavy (non-hydrogen) atoms. The van der Waals surface area contributed by atoms with Gasteiger partial charge in [-0.25, -0.2) is 0 Å². The molecule has 5 nitrogen and oxygen atoms in total. The Balaban J connectivity index is 2.51. The third-order valence-corrected chi connectivity index (χ3v) is 2.11. The van der Waals surface area contributed by atoms with Gasteiger partial charge in [0.15, 0.2) is 5.96 Å². The molecule has 1 heterocycles. The van der Waals surface area contributed by atoms with Crippen LogP contribution in [0.4, 0.5) is 0 Å². The molecule has 0 radical (unpaired) electrons. The standard InChI is InChI=1S/C8H16N4O/c1-3-6(7(9)13)11-8-10-4-5-12(8)2/h6H,3-5H2,1-2H3,(H2,9,13)(H,10,11). The van der Waals surface area contributed by atoms with Crippen LogP contribution in [0, 0.1) is 0 Å². The normalized spacial score (nSPS) is 18.3. The van der Waals surface area contributed by atoms with Crippen LogP contribution < -0.4 is 11.1 Å². The number of amides is 1. The summed E-state index contributed by atoms with van der Waals surface area (Å²) in [5.74, 6) is 0.441. The number of carbonyl (C=O) groups excluding carboxylic acids is 1. The van der Waals surface area contributed by atoms with Crippen LogP contribution in [0.5, 0.6) is 0 Å². The van der Waals surface area contributed by atoms with E-state index in [9.17, 15) is 4.79 Å². The molecule has 0 bridgehead atoms. The summed E-state index contributed by atoms with van der Waals surface area (Å²) in [5, 5.41) is 3.02. The minimum Gasteiger partial charge on any atom is -0.368 e. The largest absolute Gasteiger partial charge is 0.368 e. The summed E-state index contributed by atoms with van der Waals surface area (Å²) in [6.45, 7) is 3.60. The number of aliphatic imine (C=N–C) groups is 1. The number of nitrogens with one attached hydrogen (secondary N) is 1. The van der Waals surface area contributed by atoms with E-state index in [1.807, 2.05) is 18.9 Å². The molecule has 74 valence electrons. The van der Waals surface area contributed by atoms with Crippen LogP contribution in [0.2, 0.25) is 0 Å². The Bertz CT molecular complexity index is 226. The molecule has 1 aliphatic heterocycles. The Kier molecular flexibility index (Phi) is 3.11. The minimum absolute atomic E-state index is 0.306. The second-order valence-corrected chi connectivity index (χ2v) is 3.13. The quantitative estimate of drug-likeness (QED) is 0.599.